The number of carboxylic acids is 1. The molecule has 1 heterocycles. The first kappa shape index (κ1) is 24.6. The van der Waals surface area contributed by atoms with E-state index < -0.39 is 35.7 Å². The van der Waals surface area contributed by atoms with E-state index >= 15 is 0 Å². The largest absolute Gasteiger partial charge is 0.480 e. The van der Waals surface area contributed by atoms with Gasteiger partial charge in [-0.05, 0) is 55.9 Å². The lowest BCUT2D eigenvalue weighted by molar-refractivity contribution is -0.146. The first-order valence-corrected chi connectivity index (χ1v) is 12.0. The third kappa shape index (κ3) is 5.42. The van der Waals surface area contributed by atoms with Crippen LogP contribution in [0.25, 0.3) is 11.1 Å². The van der Waals surface area contributed by atoms with Crippen molar-refractivity contribution in [2.24, 2.45) is 5.92 Å². The number of carboxylic acid groups (broad SMARTS) is 1. The molecular formula is C27H32N2O6. The summed E-state index contributed by atoms with van der Waals surface area (Å²) in [5, 5.41) is 12.6. The third-order valence-electron chi connectivity index (χ3n) is 6.49. The molecule has 1 saturated heterocycles. The van der Waals surface area contributed by atoms with Crippen molar-refractivity contribution in [3.8, 4) is 11.1 Å². The van der Waals surface area contributed by atoms with Crippen molar-refractivity contribution in [2.75, 3.05) is 19.7 Å². The van der Waals surface area contributed by atoms with Crippen molar-refractivity contribution in [1.29, 1.82) is 0 Å². The van der Waals surface area contributed by atoms with Crippen LogP contribution >= 0.6 is 0 Å². The first-order valence-electron chi connectivity index (χ1n) is 12.0. The van der Waals surface area contributed by atoms with Crippen LogP contribution in [0.3, 0.4) is 0 Å². The van der Waals surface area contributed by atoms with Crippen LogP contribution in [0.5, 0.6) is 0 Å². The monoisotopic (exact) mass is 480 g/mol. The molecule has 2 aliphatic rings. The molecule has 0 unspecified atom stereocenters. The number of hydrogen-bond donors (Lipinski definition) is 2. The maximum Gasteiger partial charge on any atom is 0.410 e. The average molecular weight is 481 g/mol. The summed E-state index contributed by atoms with van der Waals surface area (Å²) in [5.41, 5.74) is 3.78. The first-order chi connectivity index (χ1) is 16.7. The van der Waals surface area contributed by atoms with Crippen LogP contribution in [0.4, 0.5) is 9.59 Å². The van der Waals surface area contributed by atoms with Crippen LogP contribution < -0.4 is 5.32 Å². The summed E-state index contributed by atoms with van der Waals surface area (Å²) in [4.78, 5) is 38.6. The molecule has 0 bridgehead atoms. The van der Waals surface area contributed by atoms with Gasteiger partial charge in [-0.15, -0.1) is 0 Å². The van der Waals surface area contributed by atoms with Crippen molar-refractivity contribution in [2.45, 2.75) is 51.2 Å². The highest BCUT2D eigenvalue weighted by atomic mass is 16.6. The van der Waals surface area contributed by atoms with Crippen LogP contribution in [0.1, 0.15) is 50.7 Å². The molecule has 2 amide bonds. The number of benzene rings is 2. The summed E-state index contributed by atoms with van der Waals surface area (Å²) in [6, 6.07) is 15.0. The molecule has 186 valence electrons. The van der Waals surface area contributed by atoms with Crippen LogP contribution in [0, 0.1) is 5.92 Å². The fourth-order valence-corrected chi connectivity index (χ4v) is 5.03. The molecule has 0 saturated carbocycles. The molecule has 2 aromatic carbocycles. The van der Waals surface area contributed by atoms with Gasteiger partial charge >= 0.3 is 18.2 Å². The van der Waals surface area contributed by atoms with Crippen LogP contribution in [-0.2, 0) is 14.3 Å². The Hall–Kier alpha value is -3.55. The number of piperidine rings is 1. The van der Waals surface area contributed by atoms with Gasteiger partial charge in [0.1, 0.15) is 18.2 Å². The molecule has 2 N–H and O–H groups in total. The van der Waals surface area contributed by atoms with Gasteiger partial charge in [-0.3, -0.25) is 4.90 Å². The molecule has 0 aromatic heterocycles. The highest BCUT2D eigenvalue weighted by Gasteiger charge is 2.41. The van der Waals surface area contributed by atoms with E-state index in [1.807, 2.05) is 36.4 Å². The molecule has 8 nitrogen and oxygen atoms in total. The number of carbonyl (C=O) groups excluding carboxylic acids is 2. The lowest BCUT2D eigenvalue weighted by atomic mass is 9.89. The Kier molecular flexibility index (Phi) is 7.00. The maximum atomic E-state index is 13.1. The SMILES string of the molecule is CC(C)(C)OC(=O)NC[C@@H]1CCCN(C(=O)OCC2c3ccccc3-c3ccccc32)[C@@H]1C(=O)O. The Balaban J connectivity index is 1.43. The normalized spacial score (nSPS) is 19.5. The van der Waals surface area contributed by atoms with Gasteiger partial charge in [-0.25, -0.2) is 14.4 Å². The third-order valence-corrected chi connectivity index (χ3v) is 6.49. The Morgan fingerprint density at radius 1 is 1.03 bits per heavy atom. The molecule has 0 radical (unpaired) electrons. The summed E-state index contributed by atoms with van der Waals surface area (Å²) < 4.78 is 11.0. The predicted octanol–water partition coefficient (Wildman–Crippen LogP) is 4.63. The number of hydrogen-bond acceptors (Lipinski definition) is 5. The number of nitrogens with one attached hydrogen (secondary N) is 1. The minimum absolute atomic E-state index is 0.0963. The zero-order chi connectivity index (χ0) is 25.2. The summed E-state index contributed by atoms with van der Waals surface area (Å²) in [6.45, 7) is 5.77. The van der Waals surface area contributed by atoms with E-state index in [1.165, 1.54) is 4.90 Å². The van der Waals surface area contributed by atoms with Crippen molar-refractivity contribution in [3.05, 3.63) is 59.7 Å². The Morgan fingerprint density at radius 3 is 2.20 bits per heavy atom. The van der Waals surface area contributed by atoms with Crippen LogP contribution in [0.2, 0.25) is 0 Å². The number of aliphatic carboxylic acids is 1. The van der Waals surface area contributed by atoms with Gasteiger partial charge < -0.3 is 19.9 Å². The van der Waals surface area contributed by atoms with Gasteiger partial charge in [-0.2, -0.15) is 0 Å². The van der Waals surface area contributed by atoms with Gasteiger partial charge in [0, 0.05) is 24.9 Å². The highest BCUT2D eigenvalue weighted by Crippen LogP contribution is 2.44. The number of rotatable bonds is 5. The van der Waals surface area contributed by atoms with Gasteiger partial charge in [0.15, 0.2) is 0 Å². The second-order valence-electron chi connectivity index (χ2n) is 10.1. The van der Waals surface area contributed by atoms with Gasteiger partial charge in [-0.1, -0.05) is 48.5 Å². The van der Waals surface area contributed by atoms with Crippen molar-refractivity contribution >= 4 is 18.2 Å². The van der Waals surface area contributed by atoms with Crippen molar-refractivity contribution in [3.63, 3.8) is 0 Å². The fourth-order valence-electron chi connectivity index (χ4n) is 5.03. The van der Waals surface area contributed by atoms with Crippen molar-refractivity contribution in [1.82, 2.24) is 10.2 Å². The number of ether oxygens (including phenoxy) is 2. The Bertz CT molecular complexity index is 1060. The summed E-state index contributed by atoms with van der Waals surface area (Å²) >= 11 is 0. The zero-order valence-electron chi connectivity index (χ0n) is 20.3. The molecule has 35 heavy (non-hydrogen) atoms. The summed E-state index contributed by atoms with van der Waals surface area (Å²) in [6.07, 6.45) is -0.0738. The summed E-state index contributed by atoms with van der Waals surface area (Å²) in [5.74, 6) is -1.67. The van der Waals surface area contributed by atoms with Crippen molar-refractivity contribution < 1.29 is 29.0 Å². The van der Waals surface area contributed by atoms with E-state index in [2.05, 4.69) is 17.4 Å². The Morgan fingerprint density at radius 2 is 1.63 bits per heavy atom. The lowest BCUT2D eigenvalue weighted by Gasteiger charge is -2.38. The molecule has 0 spiro atoms. The highest BCUT2D eigenvalue weighted by molar-refractivity contribution is 5.81. The molecular weight excluding hydrogens is 448 g/mol. The predicted molar refractivity (Wildman–Crippen MR) is 130 cm³/mol. The number of amides is 2. The lowest BCUT2D eigenvalue weighted by Crippen LogP contribution is -2.55. The minimum atomic E-state index is -1.12. The smallest absolute Gasteiger partial charge is 0.410 e. The number of fused-ring (bicyclic) bond motifs is 3. The standard InChI is InChI=1S/C27H32N2O6/c1-27(2,3)35-25(32)28-15-17-9-8-14-29(23(17)24(30)31)26(33)34-16-22-20-12-6-4-10-18(20)19-11-5-7-13-21(19)22/h4-7,10-13,17,22-23H,8-9,14-16H2,1-3H3,(H,28,32)(H,30,31)/t17-,23-/m0/s1. The molecule has 8 heteroatoms. The average Bonchev–Trinajstić information content (AvgIpc) is 3.13. The molecule has 1 aliphatic heterocycles. The molecule has 2 aromatic rings. The Labute approximate surface area is 205 Å². The number of carbonyl (C=O) groups is 3. The number of nitrogens with zero attached hydrogens (tertiary/aromatic N) is 1. The molecule has 1 fully saturated rings. The van der Waals surface area contributed by atoms with E-state index in [4.69, 9.17) is 9.47 Å². The molecule has 1 aliphatic carbocycles. The maximum absolute atomic E-state index is 13.1. The van der Waals surface area contributed by atoms with Gasteiger partial charge in [0.25, 0.3) is 0 Å². The summed E-state index contributed by atoms with van der Waals surface area (Å²) in [7, 11) is 0. The van der Waals surface area contributed by atoms with E-state index in [0.29, 0.717) is 12.8 Å². The molecule has 4 rings (SSSR count). The second kappa shape index (κ2) is 9.98. The van der Waals surface area contributed by atoms with Crippen LogP contribution in [0.15, 0.2) is 48.5 Å². The van der Waals surface area contributed by atoms with E-state index in [1.54, 1.807) is 20.8 Å². The number of likely N-dealkylation sites (tertiary alicyclic amines) is 1. The van der Waals surface area contributed by atoms with E-state index in [-0.39, 0.29) is 25.6 Å². The topological polar surface area (TPSA) is 105 Å². The van der Waals surface area contributed by atoms with Crippen LogP contribution in [-0.4, -0.2) is 59.5 Å². The van der Waals surface area contributed by atoms with Gasteiger partial charge in [0.05, 0.1) is 0 Å². The fraction of sp³-hybridized carbons (Fsp3) is 0.444. The second-order valence-corrected chi connectivity index (χ2v) is 10.1. The van der Waals surface area contributed by atoms with Gasteiger partial charge in [0.2, 0.25) is 0 Å². The number of alkyl carbamates (subject to hydrolysis) is 1. The quantitative estimate of drug-likeness (QED) is 0.647. The van der Waals surface area contributed by atoms with E-state index in [0.717, 1.165) is 22.3 Å². The molecule has 2 atom stereocenters. The minimum Gasteiger partial charge on any atom is -0.480 e. The zero-order valence-corrected chi connectivity index (χ0v) is 20.3. The van der Waals surface area contributed by atoms with E-state index in [9.17, 15) is 19.5 Å².